The predicted molar refractivity (Wildman–Crippen MR) is 87.6 cm³/mol. The Balaban J connectivity index is 2.11. The highest BCUT2D eigenvalue weighted by Gasteiger charge is 2.46. The summed E-state index contributed by atoms with van der Waals surface area (Å²) in [6, 6.07) is 5.19. The van der Waals surface area contributed by atoms with Crippen molar-refractivity contribution < 1.29 is 32.6 Å². The summed E-state index contributed by atoms with van der Waals surface area (Å²) in [5.74, 6) is -2.03. The predicted octanol–water partition coefficient (Wildman–Crippen LogP) is 3.15. The Bertz CT molecular complexity index is 677. The van der Waals surface area contributed by atoms with Gasteiger partial charge in [0.05, 0.1) is 12.2 Å². The summed E-state index contributed by atoms with van der Waals surface area (Å²) in [4.78, 5) is 25.5. The van der Waals surface area contributed by atoms with Crippen LogP contribution < -0.4 is 0 Å². The minimum Gasteiger partial charge on any atom is -0.481 e. The molecule has 1 aromatic rings. The number of alkyl halides is 3. The minimum atomic E-state index is -4.49. The Kier molecular flexibility index (Phi) is 5.95. The fourth-order valence-electron chi connectivity index (χ4n) is 3.40. The fraction of sp³-hybridized carbons (Fsp3) is 0.556. The van der Waals surface area contributed by atoms with Gasteiger partial charge in [0, 0.05) is 26.6 Å². The first kappa shape index (κ1) is 20.2. The molecule has 0 bridgehead atoms. The third-order valence-corrected chi connectivity index (χ3v) is 4.86. The third kappa shape index (κ3) is 4.17. The second kappa shape index (κ2) is 7.65. The van der Waals surface area contributed by atoms with E-state index in [-0.39, 0.29) is 44.0 Å². The van der Waals surface area contributed by atoms with Gasteiger partial charge in [-0.3, -0.25) is 9.59 Å². The monoisotopic (exact) mass is 373 g/mol. The number of hydrogen-bond donors (Lipinski definition) is 1. The average Bonchev–Trinajstić information content (AvgIpc) is 3.00. The van der Waals surface area contributed by atoms with E-state index in [1.54, 1.807) is 6.92 Å². The number of benzene rings is 1. The van der Waals surface area contributed by atoms with E-state index >= 15 is 0 Å². The first-order chi connectivity index (χ1) is 12.1. The number of likely N-dealkylation sites (tertiary alicyclic amines) is 1. The Hall–Kier alpha value is -2.09. The van der Waals surface area contributed by atoms with E-state index < -0.39 is 29.0 Å². The molecule has 2 atom stereocenters. The van der Waals surface area contributed by atoms with Crippen LogP contribution in [0.3, 0.4) is 0 Å². The number of carbonyl (C=O) groups excluding carboxylic acids is 1. The van der Waals surface area contributed by atoms with Crippen molar-refractivity contribution in [2.75, 3.05) is 26.8 Å². The molecule has 1 fully saturated rings. The maximum atomic E-state index is 13.1. The highest BCUT2D eigenvalue weighted by atomic mass is 19.4. The smallest absolute Gasteiger partial charge is 0.416 e. The Labute approximate surface area is 149 Å². The van der Waals surface area contributed by atoms with Crippen LogP contribution in [0.25, 0.3) is 0 Å². The first-order valence-corrected chi connectivity index (χ1v) is 8.27. The van der Waals surface area contributed by atoms with E-state index in [4.69, 9.17) is 4.74 Å². The fourth-order valence-corrected chi connectivity index (χ4v) is 3.40. The number of halogens is 3. The van der Waals surface area contributed by atoms with Gasteiger partial charge in [0.1, 0.15) is 5.41 Å². The topological polar surface area (TPSA) is 66.8 Å². The van der Waals surface area contributed by atoms with Crippen molar-refractivity contribution >= 4 is 11.9 Å². The number of rotatable bonds is 6. The van der Waals surface area contributed by atoms with Gasteiger partial charge in [-0.1, -0.05) is 25.1 Å². The van der Waals surface area contributed by atoms with Crippen molar-refractivity contribution in [1.82, 2.24) is 4.90 Å². The molecule has 5 nitrogen and oxygen atoms in total. The molecule has 0 aromatic heterocycles. The van der Waals surface area contributed by atoms with Crippen LogP contribution in [0.2, 0.25) is 0 Å². The van der Waals surface area contributed by atoms with Crippen molar-refractivity contribution in [2.24, 2.45) is 5.41 Å². The van der Waals surface area contributed by atoms with Crippen LogP contribution in [-0.4, -0.2) is 48.7 Å². The van der Waals surface area contributed by atoms with Crippen molar-refractivity contribution in [1.29, 1.82) is 0 Å². The lowest BCUT2D eigenvalue weighted by Crippen LogP contribution is -2.40. The van der Waals surface area contributed by atoms with E-state index in [9.17, 15) is 27.9 Å². The zero-order valence-electron chi connectivity index (χ0n) is 14.7. The van der Waals surface area contributed by atoms with Crippen molar-refractivity contribution in [3.63, 3.8) is 0 Å². The molecule has 0 saturated carbocycles. The zero-order valence-corrected chi connectivity index (χ0v) is 14.7. The van der Waals surface area contributed by atoms with Crippen LogP contribution in [0.4, 0.5) is 13.2 Å². The molecule has 26 heavy (non-hydrogen) atoms. The van der Waals surface area contributed by atoms with E-state index in [0.29, 0.717) is 0 Å². The number of ether oxygens (including phenoxy) is 1. The van der Waals surface area contributed by atoms with Gasteiger partial charge < -0.3 is 14.7 Å². The molecule has 144 valence electrons. The van der Waals surface area contributed by atoms with Crippen LogP contribution in [-0.2, 0) is 20.5 Å². The maximum absolute atomic E-state index is 13.1. The second-order valence-electron chi connectivity index (χ2n) is 6.77. The number of carboxylic acids is 1. The zero-order chi connectivity index (χ0) is 19.5. The van der Waals surface area contributed by atoms with Crippen LogP contribution in [0, 0.1) is 5.41 Å². The summed E-state index contributed by atoms with van der Waals surface area (Å²) in [6.45, 7) is 1.81. The maximum Gasteiger partial charge on any atom is 0.416 e. The molecular weight excluding hydrogens is 351 g/mol. The SMILES string of the molecule is COCC1(C(=O)O)CCN(C(=O)CC(C)c2ccccc2C(F)(F)F)C1. The van der Waals surface area contributed by atoms with Gasteiger partial charge in [0.2, 0.25) is 5.91 Å². The number of amides is 1. The number of aliphatic carboxylic acids is 1. The van der Waals surface area contributed by atoms with Gasteiger partial charge >= 0.3 is 12.1 Å². The molecule has 1 aliphatic heterocycles. The molecule has 0 spiro atoms. The summed E-state index contributed by atoms with van der Waals surface area (Å²) >= 11 is 0. The van der Waals surface area contributed by atoms with Gasteiger partial charge in [0.25, 0.3) is 0 Å². The van der Waals surface area contributed by atoms with E-state index in [1.807, 2.05) is 0 Å². The first-order valence-electron chi connectivity index (χ1n) is 8.27. The molecule has 1 saturated heterocycles. The largest absolute Gasteiger partial charge is 0.481 e. The molecule has 1 heterocycles. The Morgan fingerprint density at radius 2 is 2.00 bits per heavy atom. The van der Waals surface area contributed by atoms with Crippen LogP contribution >= 0.6 is 0 Å². The normalized spacial score (nSPS) is 21.7. The molecule has 8 heteroatoms. The summed E-state index contributed by atoms with van der Waals surface area (Å²) in [5.41, 5.74) is -1.84. The lowest BCUT2D eigenvalue weighted by Gasteiger charge is -2.25. The molecule has 0 aliphatic carbocycles. The lowest BCUT2D eigenvalue weighted by atomic mass is 9.88. The Morgan fingerprint density at radius 3 is 2.58 bits per heavy atom. The number of hydrogen-bond acceptors (Lipinski definition) is 3. The summed E-state index contributed by atoms with van der Waals surface area (Å²) < 4.78 is 44.4. The number of carbonyl (C=O) groups is 2. The van der Waals surface area contributed by atoms with Gasteiger partial charge in [-0.25, -0.2) is 0 Å². The molecule has 2 unspecified atom stereocenters. The average molecular weight is 373 g/mol. The molecule has 1 amide bonds. The van der Waals surface area contributed by atoms with Crippen molar-refractivity contribution in [3.8, 4) is 0 Å². The molecular formula is C18H22F3NO4. The quantitative estimate of drug-likeness (QED) is 0.832. The molecule has 1 aliphatic rings. The number of methoxy groups -OCH3 is 1. The summed E-state index contributed by atoms with van der Waals surface area (Å²) in [6.07, 6.45) is -4.34. The summed E-state index contributed by atoms with van der Waals surface area (Å²) in [5, 5.41) is 9.44. The second-order valence-corrected chi connectivity index (χ2v) is 6.77. The van der Waals surface area contributed by atoms with E-state index in [2.05, 4.69) is 0 Å². The van der Waals surface area contributed by atoms with Gasteiger partial charge in [-0.05, 0) is 24.0 Å². The molecule has 1 N–H and O–H groups in total. The van der Waals surface area contributed by atoms with Gasteiger partial charge in [0.15, 0.2) is 0 Å². The number of nitrogens with zero attached hydrogens (tertiary/aromatic N) is 1. The van der Waals surface area contributed by atoms with Crippen molar-refractivity contribution in [2.45, 2.75) is 31.9 Å². The van der Waals surface area contributed by atoms with Crippen molar-refractivity contribution in [3.05, 3.63) is 35.4 Å². The third-order valence-electron chi connectivity index (χ3n) is 4.86. The van der Waals surface area contributed by atoms with Crippen LogP contribution in [0.1, 0.15) is 36.8 Å². The van der Waals surface area contributed by atoms with Gasteiger partial charge in [-0.15, -0.1) is 0 Å². The minimum absolute atomic E-state index is 0.00262. The molecule has 2 rings (SSSR count). The highest BCUT2D eigenvalue weighted by Crippen LogP contribution is 2.37. The summed E-state index contributed by atoms with van der Waals surface area (Å²) in [7, 11) is 1.39. The molecule has 0 radical (unpaired) electrons. The highest BCUT2D eigenvalue weighted by molar-refractivity contribution is 5.81. The Morgan fingerprint density at radius 1 is 1.35 bits per heavy atom. The standard InChI is InChI=1S/C18H22F3NO4/c1-12(13-5-3-4-6-14(13)18(19,20)21)9-15(23)22-8-7-17(10-22,11-26-2)16(24)25/h3-6,12H,7-11H2,1-2H3,(H,24,25). The number of carboxylic acid groups (broad SMARTS) is 1. The van der Waals surface area contributed by atoms with Crippen LogP contribution in [0.5, 0.6) is 0 Å². The molecule has 1 aromatic carbocycles. The van der Waals surface area contributed by atoms with Crippen LogP contribution in [0.15, 0.2) is 24.3 Å². The van der Waals surface area contributed by atoms with E-state index in [1.165, 1.54) is 30.2 Å². The lowest BCUT2D eigenvalue weighted by molar-refractivity contribution is -0.151. The van der Waals surface area contributed by atoms with Gasteiger partial charge in [-0.2, -0.15) is 13.2 Å². The van der Waals surface area contributed by atoms with E-state index in [0.717, 1.165) is 6.07 Å².